The highest BCUT2D eigenvalue weighted by atomic mass is 19.1. The summed E-state index contributed by atoms with van der Waals surface area (Å²) in [7, 11) is 0. The molecule has 1 aliphatic carbocycles. The lowest BCUT2D eigenvalue weighted by Gasteiger charge is -2.25. The molecular formula is C26H32FN3O3. The number of halogens is 1. The van der Waals surface area contributed by atoms with E-state index in [0.29, 0.717) is 31.6 Å². The first-order chi connectivity index (χ1) is 15.9. The smallest absolute Gasteiger partial charge is 0.227 e. The first-order valence-corrected chi connectivity index (χ1v) is 11.5. The molecule has 3 aromatic rings. The van der Waals surface area contributed by atoms with Crippen molar-refractivity contribution in [2.24, 2.45) is 0 Å². The summed E-state index contributed by atoms with van der Waals surface area (Å²) in [6, 6.07) is 16.5. The van der Waals surface area contributed by atoms with E-state index in [0.717, 1.165) is 29.8 Å². The molecular weight excluding hydrogens is 421 g/mol. The number of benzene rings is 2. The van der Waals surface area contributed by atoms with E-state index >= 15 is 0 Å². The van der Waals surface area contributed by atoms with Crippen molar-refractivity contribution >= 4 is 0 Å². The summed E-state index contributed by atoms with van der Waals surface area (Å²) in [4.78, 5) is 2.25. The first-order valence-electron chi connectivity index (χ1n) is 11.5. The molecule has 2 aromatic carbocycles. The van der Waals surface area contributed by atoms with E-state index in [1.165, 1.54) is 6.07 Å². The Morgan fingerprint density at radius 1 is 1.12 bits per heavy atom. The number of hydrogen-bond donors (Lipinski definition) is 1. The summed E-state index contributed by atoms with van der Waals surface area (Å²) in [5.41, 5.74) is 2.52. The second-order valence-corrected chi connectivity index (χ2v) is 8.85. The van der Waals surface area contributed by atoms with Crippen molar-refractivity contribution in [3.8, 4) is 17.3 Å². The summed E-state index contributed by atoms with van der Waals surface area (Å²) >= 11 is 0. The van der Waals surface area contributed by atoms with E-state index in [1.54, 1.807) is 22.9 Å². The van der Waals surface area contributed by atoms with Crippen molar-refractivity contribution in [1.29, 1.82) is 0 Å². The predicted molar refractivity (Wildman–Crippen MR) is 125 cm³/mol. The summed E-state index contributed by atoms with van der Waals surface area (Å²) in [6.45, 7) is 7.19. The Morgan fingerprint density at radius 3 is 2.48 bits per heavy atom. The van der Waals surface area contributed by atoms with Gasteiger partial charge < -0.3 is 14.6 Å². The van der Waals surface area contributed by atoms with Crippen molar-refractivity contribution in [2.75, 3.05) is 13.2 Å². The number of ether oxygens (including phenoxy) is 2. The van der Waals surface area contributed by atoms with Gasteiger partial charge in [0.05, 0.1) is 35.8 Å². The zero-order valence-electron chi connectivity index (χ0n) is 19.4. The maximum absolute atomic E-state index is 14.5. The second-order valence-electron chi connectivity index (χ2n) is 8.85. The standard InChI is InChI=1S/C26H32FN3O3/c1-18(2)32-17-22(31)15-29(20-13-14-20)16-23-19(3)28-30(21-9-5-4-6-10-21)26(23)33-25-12-8-7-11-24(25)27/h4-12,18,20,22,31H,13-17H2,1-3H3. The number of para-hydroxylation sites is 2. The molecule has 1 heterocycles. The molecule has 1 unspecified atom stereocenters. The molecule has 0 saturated heterocycles. The van der Waals surface area contributed by atoms with Crippen LogP contribution in [0.2, 0.25) is 0 Å². The summed E-state index contributed by atoms with van der Waals surface area (Å²) < 4.78 is 27.9. The van der Waals surface area contributed by atoms with E-state index in [-0.39, 0.29) is 11.9 Å². The van der Waals surface area contributed by atoms with Gasteiger partial charge in [-0.15, -0.1) is 0 Å². The van der Waals surface area contributed by atoms with Crippen LogP contribution in [0.15, 0.2) is 54.6 Å². The Morgan fingerprint density at radius 2 is 1.82 bits per heavy atom. The van der Waals surface area contributed by atoms with Crippen LogP contribution in [0, 0.1) is 12.7 Å². The zero-order valence-corrected chi connectivity index (χ0v) is 19.4. The van der Waals surface area contributed by atoms with Gasteiger partial charge in [0, 0.05) is 19.1 Å². The lowest BCUT2D eigenvalue weighted by atomic mass is 10.2. The Bertz CT molecular complexity index is 1050. The minimum Gasteiger partial charge on any atom is -0.435 e. The molecule has 6 nitrogen and oxygen atoms in total. The Hall–Kier alpha value is -2.74. The lowest BCUT2D eigenvalue weighted by molar-refractivity contribution is -0.0107. The number of aryl methyl sites for hydroxylation is 1. The SMILES string of the molecule is Cc1nn(-c2ccccc2)c(Oc2ccccc2F)c1CN(CC(O)COC(C)C)C1CC1. The van der Waals surface area contributed by atoms with Gasteiger partial charge in [0.2, 0.25) is 5.88 Å². The van der Waals surface area contributed by atoms with Crippen LogP contribution < -0.4 is 4.74 Å². The zero-order chi connectivity index (χ0) is 23.4. The maximum Gasteiger partial charge on any atom is 0.227 e. The van der Waals surface area contributed by atoms with Crippen LogP contribution in [0.5, 0.6) is 11.6 Å². The molecule has 0 radical (unpaired) electrons. The fourth-order valence-corrected chi connectivity index (χ4v) is 3.81. The number of nitrogens with zero attached hydrogens (tertiary/aromatic N) is 3. The van der Waals surface area contributed by atoms with Crippen molar-refractivity contribution < 1.29 is 19.0 Å². The normalized spacial score (nSPS) is 14.8. The third-order valence-corrected chi connectivity index (χ3v) is 5.67. The molecule has 0 spiro atoms. The summed E-state index contributed by atoms with van der Waals surface area (Å²) in [5, 5.41) is 15.3. The fourth-order valence-electron chi connectivity index (χ4n) is 3.81. The molecule has 4 rings (SSSR count). The molecule has 33 heavy (non-hydrogen) atoms. The van der Waals surface area contributed by atoms with Gasteiger partial charge in [-0.25, -0.2) is 9.07 Å². The van der Waals surface area contributed by atoms with E-state index in [2.05, 4.69) is 4.90 Å². The van der Waals surface area contributed by atoms with Crippen LogP contribution in [0.3, 0.4) is 0 Å². The molecule has 1 N–H and O–H groups in total. The van der Waals surface area contributed by atoms with Crippen LogP contribution >= 0.6 is 0 Å². The van der Waals surface area contributed by atoms with Gasteiger partial charge >= 0.3 is 0 Å². The van der Waals surface area contributed by atoms with E-state index in [9.17, 15) is 9.50 Å². The Kier molecular flexibility index (Phi) is 7.42. The van der Waals surface area contributed by atoms with Gasteiger partial charge in [0.1, 0.15) is 0 Å². The highest BCUT2D eigenvalue weighted by Crippen LogP contribution is 2.35. The van der Waals surface area contributed by atoms with Crippen LogP contribution in [0.4, 0.5) is 4.39 Å². The van der Waals surface area contributed by atoms with Crippen molar-refractivity contribution in [1.82, 2.24) is 14.7 Å². The van der Waals surface area contributed by atoms with Gasteiger partial charge in [0.15, 0.2) is 11.6 Å². The number of aliphatic hydroxyl groups is 1. The van der Waals surface area contributed by atoms with Crippen LogP contribution in [-0.4, -0.2) is 51.2 Å². The van der Waals surface area contributed by atoms with Gasteiger partial charge in [-0.2, -0.15) is 5.10 Å². The largest absolute Gasteiger partial charge is 0.435 e. The van der Waals surface area contributed by atoms with Crippen molar-refractivity contribution in [2.45, 2.75) is 58.4 Å². The second kappa shape index (κ2) is 10.5. The van der Waals surface area contributed by atoms with E-state index in [4.69, 9.17) is 14.6 Å². The Balaban J connectivity index is 1.65. The molecule has 1 aromatic heterocycles. The van der Waals surface area contributed by atoms with E-state index in [1.807, 2.05) is 51.1 Å². The summed E-state index contributed by atoms with van der Waals surface area (Å²) in [5.74, 6) is 0.212. The molecule has 0 bridgehead atoms. The fraction of sp³-hybridized carbons (Fsp3) is 0.423. The quantitative estimate of drug-likeness (QED) is 0.449. The van der Waals surface area contributed by atoms with Crippen LogP contribution in [-0.2, 0) is 11.3 Å². The van der Waals surface area contributed by atoms with Crippen molar-refractivity contribution in [3.63, 3.8) is 0 Å². The molecule has 176 valence electrons. The average molecular weight is 454 g/mol. The lowest BCUT2D eigenvalue weighted by Crippen LogP contribution is -2.36. The molecule has 7 heteroatoms. The molecule has 1 atom stereocenters. The topological polar surface area (TPSA) is 59.8 Å². The number of aliphatic hydroxyl groups excluding tert-OH is 1. The van der Waals surface area contributed by atoms with Crippen LogP contribution in [0.1, 0.15) is 37.9 Å². The van der Waals surface area contributed by atoms with Gasteiger partial charge in [-0.3, -0.25) is 4.90 Å². The summed E-state index contributed by atoms with van der Waals surface area (Å²) in [6.07, 6.45) is 1.66. The van der Waals surface area contributed by atoms with Gasteiger partial charge in [-0.05, 0) is 57.9 Å². The average Bonchev–Trinajstić information content (AvgIpc) is 3.60. The Labute approximate surface area is 194 Å². The minimum absolute atomic E-state index is 0.0705. The van der Waals surface area contributed by atoms with Crippen molar-refractivity contribution in [3.05, 3.63) is 71.7 Å². The van der Waals surface area contributed by atoms with Crippen LogP contribution in [0.25, 0.3) is 5.69 Å². The third kappa shape index (κ3) is 5.99. The third-order valence-electron chi connectivity index (χ3n) is 5.67. The number of aromatic nitrogens is 2. The van der Waals surface area contributed by atoms with Gasteiger partial charge in [-0.1, -0.05) is 30.3 Å². The minimum atomic E-state index is -0.589. The highest BCUT2D eigenvalue weighted by molar-refractivity contribution is 5.43. The molecule has 1 saturated carbocycles. The van der Waals surface area contributed by atoms with E-state index < -0.39 is 11.9 Å². The number of rotatable bonds is 11. The molecule has 1 fully saturated rings. The highest BCUT2D eigenvalue weighted by Gasteiger charge is 2.33. The molecule has 0 aliphatic heterocycles. The predicted octanol–water partition coefficient (Wildman–Crippen LogP) is 4.86. The monoisotopic (exact) mass is 453 g/mol. The first kappa shape index (κ1) is 23.4. The molecule has 1 aliphatic rings. The number of hydrogen-bond acceptors (Lipinski definition) is 5. The maximum atomic E-state index is 14.5. The molecule has 0 amide bonds. The van der Waals surface area contributed by atoms with Gasteiger partial charge in [0.25, 0.3) is 0 Å².